The molecule has 2 aliphatic heterocycles. The number of morpholine rings is 1. The Morgan fingerprint density at radius 1 is 1.16 bits per heavy atom. The first kappa shape index (κ1) is 16.2. The molecule has 2 aliphatic rings. The Labute approximate surface area is 151 Å². The van der Waals surface area contributed by atoms with Crippen LogP contribution >= 0.6 is 11.6 Å². The van der Waals surface area contributed by atoms with Crippen LogP contribution in [0.5, 0.6) is 5.75 Å². The minimum Gasteiger partial charge on any atom is -0.480 e. The zero-order valence-corrected chi connectivity index (χ0v) is 14.5. The fourth-order valence-corrected chi connectivity index (χ4v) is 3.40. The third-order valence-electron chi connectivity index (χ3n) is 4.51. The highest BCUT2D eigenvalue weighted by Gasteiger charge is 2.29. The Hall–Kier alpha value is -2.24. The molecule has 5 nitrogen and oxygen atoms in total. The largest absolute Gasteiger partial charge is 0.480 e. The van der Waals surface area contributed by atoms with Crippen molar-refractivity contribution in [3.05, 3.63) is 53.1 Å². The molecule has 0 aliphatic carbocycles. The van der Waals surface area contributed by atoms with Gasteiger partial charge in [-0.15, -0.1) is 0 Å². The first-order valence-corrected chi connectivity index (χ1v) is 8.76. The summed E-state index contributed by atoms with van der Waals surface area (Å²) >= 11 is 6.15. The number of fused-ring (bicyclic) bond motifs is 1. The van der Waals surface area contributed by atoms with Crippen LogP contribution in [0.15, 0.2) is 42.5 Å². The predicted octanol–water partition coefficient (Wildman–Crippen LogP) is 3.12. The smallest absolute Gasteiger partial charge is 0.265 e. The summed E-state index contributed by atoms with van der Waals surface area (Å²) in [6, 6.07) is 13.3. The second-order valence-electron chi connectivity index (χ2n) is 6.17. The summed E-state index contributed by atoms with van der Waals surface area (Å²) in [7, 11) is 0. The zero-order chi connectivity index (χ0) is 17.2. The standard InChI is InChI=1S/C19H19ClN2O3/c20-14-5-6-16(22-7-9-24-10-8-22)15(12-14)21-19(23)18-11-13-3-1-2-4-17(13)25-18/h1-6,12,18H,7-11H2,(H,21,23). The van der Waals surface area contributed by atoms with Gasteiger partial charge in [0, 0.05) is 24.5 Å². The highest BCUT2D eigenvalue weighted by atomic mass is 35.5. The molecule has 0 aromatic heterocycles. The molecule has 0 saturated carbocycles. The number of amides is 1. The molecule has 1 amide bonds. The van der Waals surface area contributed by atoms with E-state index in [4.69, 9.17) is 21.1 Å². The minimum absolute atomic E-state index is 0.159. The van der Waals surface area contributed by atoms with Gasteiger partial charge >= 0.3 is 0 Å². The molecule has 1 saturated heterocycles. The number of halogens is 1. The molecule has 1 atom stereocenters. The van der Waals surface area contributed by atoms with E-state index in [1.807, 2.05) is 36.4 Å². The van der Waals surface area contributed by atoms with Gasteiger partial charge in [0.25, 0.3) is 5.91 Å². The summed E-state index contributed by atoms with van der Waals surface area (Å²) in [6.45, 7) is 2.93. The third-order valence-corrected chi connectivity index (χ3v) is 4.74. The van der Waals surface area contributed by atoms with Crippen molar-refractivity contribution in [1.29, 1.82) is 0 Å². The normalized spacial score (nSPS) is 19.2. The highest BCUT2D eigenvalue weighted by Crippen LogP contribution is 2.32. The Bertz CT molecular complexity index is 765. The number of ether oxygens (including phenoxy) is 2. The van der Waals surface area contributed by atoms with E-state index in [0.717, 1.165) is 30.1 Å². The van der Waals surface area contributed by atoms with Gasteiger partial charge in [-0.2, -0.15) is 0 Å². The van der Waals surface area contributed by atoms with Gasteiger partial charge in [-0.3, -0.25) is 4.79 Å². The van der Waals surface area contributed by atoms with Crippen molar-refractivity contribution in [3.63, 3.8) is 0 Å². The van der Waals surface area contributed by atoms with Crippen molar-refractivity contribution in [2.24, 2.45) is 0 Å². The van der Waals surface area contributed by atoms with Gasteiger partial charge in [-0.25, -0.2) is 0 Å². The van der Waals surface area contributed by atoms with Crippen LogP contribution < -0.4 is 15.0 Å². The predicted molar refractivity (Wildman–Crippen MR) is 97.7 cm³/mol. The van der Waals surface area contributed by atoms with E-state index < -0.39 is 6.10 Å². The molecule has 2 heterocycles. The topological polar surface area (TPSA) is 50.8 Å². The lowest BCUT2D eigenvalue weighted by atomic mass is 10.1. The fraction of sp³-hybridized carbons (Fsp3) is 0.316. The maximum atomic E-state index is 12.7. The number of carbonyl (C=O) groups excluding carboxylic acids is 1. The molecule has 1 N–H and O–H groups in total. The maximum absolute atomic E-state index is 12.7. The number of hydrogen-bond acceptors (Lipinski definition) is 4. The van der Waals surface area contributed by atoms with Gasteiger partial charge in [0.2, 0.25) is 0 Å². The molecule has 2 aromatic carbocycles. The van der Waals surface area contributed by atoms with E-state index in [2.05, 4.69) is 10.2 Å². The molecule has 2 aromatic rings. The molecule has 1 unspecified atom stereocenters. The van der Waals surface area contributed by atoms with Crippen LogP contribution in [0.2, 0.25) is 5.02 Å². The average molecular weight is 359 g/mol. The number of nitrogens with zero attached hydrogens (tertiary/aromatic N) is 1. The number of anilines is 2. The van der Waals surface area contributed by atoms with Crippen molar-refractivity contribution >= 4 is 28.9 Å². The molecular formula is C19H19ClN2O3. The van der Waals surface area contributed by atoms with Crippen LogP contribution in [0, 0.1) is 0 Å². The van der Waals surface area contributed by atoms with Crippen LogP contribution in [0.1, 0.15) is 5.56 Å². The zero-order valence-electron chi connectivity index (χ0n) is 13.7. The molecule has 4 rings (SSSR count). The Morgan fingerprint density at radius 3 is 2.76 bits per heavy atom. The number of hydrogen-bond donors (Lipinski definition) is 1. The van der Waals surface area contributed by atoms with E-state index in [1.165, 1.54) is 0 Å². The Kier molecular flexibility index (Phi) is 4.51. The van der Waals surface area contributed by atoms with E-state index in [-0.39, 0.29) is 5.91 Å². The maximum Gasteiger partial charge on any atom is 0.265 e. The van der Waals surface area contributed by atoms with Crippen molar-refractivity contribution in [1.82, 2.24) is 0 Å². The summed E-state index contributed by atoms with van der Waals surface area (Å²) in [6.07, 6.45) is 0.0593. The van der Waals surface area contributed by atoms with E-state index >= 15 is 0 Å². The van der Waals surface area contributed by atoms with Crippen LogP contribution in [-0.2, 0) is 16.0 Å². The summed E-state index contributed by atoms with van der Waals surface area (Å²) in [5.41, 5.74) is 2.72. The van der Waals surface area contributed by atoms with Gasteiger partial charge in [0.1, 0.15) is 5.75 Å². The van der Waals surface area contributed by atoms with Crippen molar-refractivity contribution < 1.29 is 14.3 Å². The van der Waals surface area contributed by atoms with Crippen LogP contribution in [0.25, 0.3) is 0 Å². The van der Waals surface area contributed by atoms with Crippen molar-refractivity contribution in [3.8, 4) is 5.75 Å². The second kappa shape index (κ2) is 6.94. The number of para-hydroxylation sites is 1. The molecular weight excluding hydrogens is 340 g/mol. The second-order valence-corrected chi connectivity index (χ2v) is 6.60. The van der Waals surface area contributed by atoms with E-state index in [9.17, 15) is 4.79 Å². The monoisotopic (exact) mass is 358 g/mol. The van der Waals surface area contributed by atoms with Crippen molar-refractivity contribution in [2.75, 3.05) is 36.5 Å². The van der Waals surface area contributed by atoms with E-state index in [0.29, 0.717) is 30.3 Å². The molecule has 0 spiro atoms. The quantitative estimate of drug-likeness (QED) is 0.916. The van der Waals surface area contributed by atoms with Gasteiger partial charge in [-0.05, 0) is 29.8 Å². The number of carbonyl (C=O) groups is 1. The lowest BCUT2D eigenvalue weighted by Crippen LogP contribution is -2.37. The molecule has 0 radical (unpaired) electrons. The van der Waals surface area contributed by atoms with Crippen LogP contribution in [0.4, 0.5) is 11.4 Å². The van der Waals surface area contributed by atoms with Crippen LogP contribution in [0.3, 0.4) is 0 Å². The Morgan fingerprint density at radius 2 is 1.96 bits per heavy atom. The number of benzene rings is 2. The molecule has 130 valence electrons. The van der Waals surface area contributed by atoms with E-state index in [1.54, 1.807) is 6.07 Å². The summed E-state index contributed by atoms with van der Waals surface area (Å²) in [5, 5.41) is 3.58. The summed E-state index contributed by atoms with van der Waals surface area (Å²) in [5.74, 6) is 0.620. The average Bonchev–Trinajstić information content (AvgIpc) is 3.07. The highest BCUT2D eigenvalue weighted by molar-refractivity contribution is 6.31. The van der Waals surface area contributed by atoms with Gasteiger partial charge in [-0.1, -0.05) is 29.8 Å². The molecule has 0 bridgehead atoms. The van der Waals surface area contributed by atoms with Crippen molar-refractivity contribution in [2.45, 2.75) is 12.5 Å². The van der Waals surface area contributed by atoms with Gasteiger partial charge in [0.15, 0.2) is 6.10 Å². The number of nitrogens with one attached hydrogen (secondary N) is 1. The molecule has 6 heteroatoms. The van der Waals surface area contributed by atoms with Gasteiger partial charge < -0.3 is 19.7 Å². The molecule has 1 fully saturated rings. The fourth-order valence-electron chi connectivity index (χ4n) is 3.23. The SMILES string of the molecule is O=C(Nc1cc(Cl)ccc1N1CCOCC1)C1Cc2ccccc2O1. The Balaban J connectivity index is 1.52. The number of rotatable bonds is 3. The first-order valence-electron chi connectivity index (χ1n) is 8.38. The first-order chi connectivity index (χ1) is 12.2. The van der Waals surface area contributed by atoms with Crippen LogP contribution in [-0.4, -0.2) is 38.3 Å². The molecule has 25 heavy (non-hydrogen) atoms. The minimum atomic E-state index is -0.520. The van der Waals surface area contributed by atoms with Gasteiger partial charge in [0.05, 0.1) is 24.6 Å². The lowest BCUT2D eigenvalue weighted by molar-refractivity contribution is -0.122. The summed E-state index contributed by atoms with van der Waals surface area (Å²) < 4.78 is 11.2. The lowest BCUT2D eigenvalue weighted by Gasteiger charge is -2.30. The third kappa shape index (κ3) is 3.43. The summed E-state index contributed by atoms with van der Waals surface area (Å²) in [4.78, 5) is 14.9.